The number of nitrogens with one attached hydrogen (secondary N) is 1. The first-order valence-electron chi connectivity index (χ1n) is 6.41. The molecule has 0 aliphatic heterocycles. The van der Waals surface area contributed by atoms with Crippen LogP contribution >= 0.6 is 11.6 Å². The molecule has 0 aliphatic rings. The number of hydrogen-bond donors (Lipinski definition) is 2. The standard InChI is InChI=1S/C15H15ClN4/c16-13-6-2-1-5-11(13)9-14(19-17)12-10-18-20-8-4-3-7-15(12)20/h1-8,10,14,19H,9,17H2. The van der Waals surface area contributed by atoms with Crippen molar-refractivity contribution in [3.8, 4) is 0 Å². The summed E-state index contributed by atoms with van der Waals surface area (Å²) in [5, 5.41) is 5.09. The molecule has 3 rings (SSSR count). The Kier molecular flexibility index (Phi) is 3.69. The highest BCUT2D eigenvalue weighted by atomic mass is 35.5. The minimum atomic E-state index is -0.0326. The summed E-state index contributed by atoms with van der Waals surface area (Å²) in [6.45, 7) is 0. The first kappa shape index (κ1) is 13.1. The number of fused-ring (bicyclic) bond motifs is 1. The summed E-state index contributed by atoms with van der Waals surface area (Å²) >= 11 is 6.22. The molecule has 5 heteroatoms. The SMILES string of the molecule is NNC(Cc1ccccc1Cl)c1cnn2ccccc12. The lowest BCUT2D eigenvalue weighted by atomic mass is 10.0. The number of nitrogens with two attached hydrogens (primary N) is 1. The van der Waals surface area contributed by atoms with E-state index in [9.17, 15) is 0 Å². The van der Waals surface area contributed by atoms with Crippen LogP contribution in [0.2, 0.25) is 5.02 Å². The molecule has 0 amide bonds. The molecule has 0 spiro atoms. The molecular formula is C15H15ClN4. The zero-order chi connectivity index (χ0) is 13.9. The van der Waals surface area contributed by atoms with Gasteiger partial charge in [0.05, 0.1) is 17.8 Å². The molecule has 3 aromatic rings. The molecule has 0 bridgehead atoms. The van der Waals surface area contributed by atoms with Gasteiger partial charge in [-0.1, -0.05) is 35.9 Å². The summed E-state index contributed by atoms with van der Waals surface area (Å²) in [6.07, 6.45) is 4.48. The van der Waals surface area contributed by atoms with Gasteiger partial charge in [-0.2, -0.15) is 5.10 Å². The van der Waals surface area contributed by atoms with Crippen LogP contribution in [0.3, 0.4) is 0 Å². The van der Waals surface area contributed by atoms with E-state index in [0.29, 0.717) is 6.42 Å². The molecule has 4 nitrogen and oxygen atoms in total. The molecule has 20 heavy (non-hydrogen) atoms. The van der Waals surface area contributed by atoms with Gasteiger partial charge in [0.2, 0.25) is 0 Å². The van der Waals surface area contributed by atoms with Crippen molar-refractivity contribution >= 4 is 17.1 Å². The Labute approximate surface area is 122 Å². The lowest BCUT2D eigenvalue weighted by Crippen LogP contribution is -2.29. The van der Waals surface area contributed by atoms with Crippen molar-refractivity contribution in [2.45, 2.75) is 12.5 Å². The highest BCUT2D eigenvalue weighted by Crippen LogP contribution is 2.25. The third-order valence-corrected chi connectivity index (χ3v) is 3.78. The van der Waals surface area contributed by atoms with Crippen LogP contribution in [-0.4, -0.2) is 9.61 Å². The number of benzene rings is 1. The topological polar surface area (TPSA) is 55.3 Å². The minimum Gasteiger partial charge on any atom is -0.271 e. The predicted molar refractivity (Wildman–Crippen MR) is 80.4 cm³/mol. The Morgan fingerprint density at radius 1 is 1.20 bits per heavy atom. The van der Waals surface area contributed by atoms with Gasteiger partial charge in [-0.3, -0.25) is 11.3 Å². The summed E-state index contributed by atoms with van der Waals surface area (Å²) in [5.41, 5.74) is 6.03. The van der Waals surface area contributed by atoms with E-state index in [0.717, 1.165) is 21.7 Å². The van der Waals surface area contributed by atoms with E-state index in [4.69, 9.17) is 17.4 Å². The fraction of sp³-hybridized carbons (Fsp3) is 0.133. The monoisotopic (exact) mass is 286 g/mol. The zero-order valence-corrected chi connectivity index (χ0v) is 11.6. The van der Waals surface area contributed by atoms with Gasteiger partial charge in [-0.05, 0) is 30.2 Å². The highest BCUT2D eigenvalue weighted by molar-refractivity contribution is 6.31. The van der Waals surface area contributed by atoms with Crippen molar-refractivity contribution in [2.75, 3.05) is 0 Å². The number of rotatable bonds is 4. The molecule has 0 aliphatic carbocycles. The minimum absolute atomic E-state index is 0.0326. The summed E-state index contributed by atoms with van der Waals surface area (Å²) in [5.74, 6) is 5.72. The molecule has 1 atom stereocenters. The summed E-state index contributed by atoms with van der Waals surface area (Å²) in [7, 11) is 0. The van der Waals surface area contributed by atoms with Gasteiger partial charge >= 0.3 is 0 Å². The maximum Gasteiger partial charge on any atom is 0.0710 e. The van der Waals surface area contributed by atoms with Crippen LogP contribution < -0.4 is 11.3 Å². The lowest BCUT2D eigenvalue weighted by Gasteiger charge is -2.15. The first-order chi connectivity index (χ1) is 9.79. The molecule has 2 heterocycles. The average molecular weight is 287 g/mol. The molecule has 0 radical (unpaired) electrons. The third-order valence-electron chi connectivity index (χ3n) is 3.41. The average Bonchev–Trinajstić information content (AvgIpc) is 2.90. The number of hydrogen-bond acceptors (Lipinski definition) is 3. The van der Waals surface area contributed by atoms with Gasteiger partial charge in [0.25, 0.3) is 0 Å². The molecule has 1 aromatic carbocycles. The van der Waals surface area contributed by atoms with E-state index in [-0.39, 0.29) is 6.04 Å². The van der Waals surface area contributed by atoms with Crippen LogP contribution in [0.25, 0.3) is 5.52 Å². The van der Waals surface area contributed by atoms with Crippen LogP contribution in [0.5, 0.6) is 0 Å². The van der Waals surface area contributed by atoms with E-state index >= 15 is 0 Å². The number of aromatic nitrogens is 2. The number of halogens is 1. The number of hydrazine groups is 1. The van der Waals surface area contributed by atoms with Crippen LogP contribution in [0.1, 0.15) is 17.2 Å². The van der Waals surface area contributed by atoms with E-state index in [1.54, 1.807) is 0 Å². The molecule has 0 saturated carbocycles. The van der Waals surface area contributed by atoms with Gasteiger partial charge in [-0.15, -0.1) is 0 Å². The second kappa shape index (κ2) is 5.63. The largest absolute Gasteiger partial charge is 0.271 e. The molecule has 2 aromatic heterocycles. The van der Waals surface area contributed by atoms with Gasteiger partial charge in [0.15, 0.2) is 0 Å². The smallest absolute Gasteiger partial charge is 0.0710 e. The van der Waals surface area contributed by atoms with Crippen LogP contribution in [-0.2, 0) is 6.42 Å². The predicted octanol–water partition coefficient (Wildman–Crippen LogP) is 2.73. The summed E-state index contributed by atoms with van der Waals surface area (Å²) in [6, 6.07) is 13.7. The van der Waals surface area contributed by atoms with E-state index < -0.39 is 0 Å². The van der Waals surface area contributed by atoms with Crippen LogP contribution in [0.15, 0.2) is 54.9 Å². The van der Waals surface area contributed by atoms with Crippen molar-refractivity contribution in [3.05, 3.63) is 71.0 Å². The van der Waals surface area contributed by atoms with E-state index in [1.165, 1.54) is 0 Å². The van der Waals surface area contributed by atoms with Crippen molar-refractivity contribution in [2.24, 2.45) is 5.84 Å². The second-order valence-electron chi connectivity index (χ2n) is 4.65. The summed E-state index contributed by atoms with van der Waals surface area (Å²) in [4.78, 5) is 0. The highest BCUT2D eigenvalue weighted by Gasteiger charge is 2.16. The molecule has 0 fully saturated rings. The molecule has 102 valence electrons. The Morgan fingerprint density at radius 3 is 2.80 bits per heavy atom. The molecule has 1 unspecified atom stereocenters. The first-order valence-corrected chi connectivity index (χ1v) is 6.79. The van der Waals surface area contributed by atoms with Gasteiger partial charge in [-0.25, -0.2) is 4.52 Å². The van der Waals surface area contributed by atoms with Crippen molar-refractivity contribution in [3.63, 3.8) is 0 Å². The van der Waals surface area contributed by atoms with Crippen LogP contribution in [0.4, 0.5) is 0 Å². The normalized spacial score (nSPS) is 12.7. The maximum absolute atomic E-state index is 6.22. The van der Waals surface area contributed by atoms with Gasteiger partial charge in [0.1, 0.15) is 0 Å². The van der Waals surface area contributed by atoms with Crippen LogP contribution in [0, 0.1) is 0 Å². The Bertz CT molecular complexity index is 722. The third kappa shape index (κ3) is 2.41. The number of nitrogens with zero attached hydrogens (tertiary/aromatic N) is 2. The van der Waals surface area contributed by atoms with Gasteiger partial charge in [0, 0.05) is 16.8 Å². The maximum atomic E-state index is 6.22. The zero-order valence-electron chi connectivity index (χ0n) is 10.8. The Hall–Kier alpha value is -1.88. The van der Waals surface area contributed by atoms with Crippen molar-refractivity contribution in [1.29, 1.82) is 0 Å². The second-order valence-corrected chi connectivity index (χ2v) is 5.05. The fourth-order valence-corrected chi connectivity index (χ4v) is 2.58. The summed E-state index contributed by atoms with van der Waals surface area (Å²) < 4.78 is 1.84. The Balaban J connectivity index is 1.96. The molecule has 3 N–H and O–H groups in total. The fourth-order valence-electron chi connectivity index (χ4n) is 2.37. The quantitative estimate of drug-likeness (QED) is 0.573. The number of pyridine rings is 1. The van der Waals surface area contributed by atoms with E-state index in [2.05, 4.69) is 10.5 Å². The van der Waals surface area contributed by atoms with Crippen molar-refractivity contribution in [1.82, 2.24) is 15.0 Å². The van der Waals surface area contributed by atoms with E-state index in [1.807, 2.05) is 59.4 Å². The van der Waals surface area contributed by atoms with Crippen molar-refractivity contribution < 1.29 is 0 Å². The lowest BCUT2D eigenvalue weighted by molar-refractivity contribution is 0.555. The molecular weight excluding hydrogens is 272 g/mol. The Morgan fingerprint density at radius 2 is 2.00 bits per heavy atom. The van der Waals surface area contributed by atoms with Gasteiger partial charge < -0.3 is 0 Å². The molecule has 0 saturated heterocycles.